The van der Waals surface area contributed by atoms with Gasteiger partial charge in [0.15, 0.2) is 0 Å². The van der Waals surface area contributed by atoms with Gasteiger partial charge in [0, 0.05) is 12.1 Å². The third-order valence-electron chi connectivity index (χ3n) is 1.97. The highest BCUT2D eigenvalue weighted by Crippen LogP contribution is 2.18. The minimum absolute atomic E-state index is 0.0451. The van der Waals surface area contributed by atoms with Gasteiger partial charge in [0.25, 0.3) is 0 Å². The maximum atomic E-state index is 9.17. The summed E-state index contributed by atoms with van der Waals surface area (Å²) in [7, 11) is 0. The molecule has 1 aliphatic rings. The summed E-state index contributed by atoms with van der Waals surface area (Å²) >= 11 is 0. The van der Waals surface area contributed by atoms with Crippen LogP contribution in [0, 0.1) is 0 Å². The number of hydrogen-bond acceptors (Lipinski definition) is 2. The van der Waals surface area contributed by atoms with E-state index in [1.807, 2.05) is 0 Å². The fourth-order valence-corrected chi connectivity index (χ4v) is 1.58. The summed E-state index contributed by atoms with van der Waals surface area (Å²) in [4.78, 5) is 0. The van der Waals surface area contributed by atoms with Gasteiger partial charge in [-0.1, -0.05) is 13.8 Å². The fourth-order valence-electron chi connectivity index (χ4n) is 1.58. The van der Waals surface area contributed by atoms with Crippen molar-refractivity contribution >= 4 is 0 Å². The third-order valence-corrected chi connectivity index (χ3v) is 1.97. The Kier molecular flexibility index (Phi) is 2.69. The van der Waals surface area contributed by atoms with Crippen molar-refractivity contribution in [2.75, 3.05) is 0 Å². The van der Waals surface area contributed by atoms with Crippen LogP contribution in [0.2, 0.25) is 0 Å². The Balaban J connectivity index is 2.18. The summed E-state index contributed by atoms with van der Waals surface area (Å²) in [5.41, 5.74) is 0. The van der Waals surface area contributed by atoms with Crippen LogP contribution in [0.5, 0.6) is 0 Å². The summed E-state index contributed by atoms with van der Waals surface area (Å²) in [6.07, 6.45) is 3.01. The molecule has 0 saturated heterocycles. The van der Waals surface area contributed by atoms with Crippen LogP contribution in [-0.4, -0.2) is 23.3 Å². The SMILES string of the molecule is CC(C)NC1CCC(O)C1. The molecular weight excluding hydrogens is 126 g/mol. The Hall–Kier alpha value is -0.0800. The molecule has 0 bridgehead atoms. The lowest BCUT2D eigenvalue weighted by Crippen LogP contribution is -2.32. The van der Waals surface area contributed by atoms with E-state index in [1.165, 1.54) is 0 Å². The average molecular weight is 143 g/mol. The van der Waals surface area contributed by atoms with Gasteiger partial charge in [-0.2, -0.15) is 0 Å². The molecule has 1 fully saturated rings. The van der Waals surface area contributed by atoms with Crippen LogP contribution >= 0.6 is 0 Å². The second-order valence-corrected chi connectivity index (χ2v) is 3.49. The van der Waals surface area contributed by atoms with Gasteiger partial charge >= 0.3 is 0 Å². The highest BCUT2D eigenvalue weighted by Gasteiger charge is 2.22. The van der Waals surface area contributed by atoms with Crippen LogP contribution in [0.15, 0.2) is 0 Å². The highest BCUT2D eigenvalue weighted by molar-refractivity contribution is 4.80. The van der Waals surface area contributed by atoms with Gasteiger partial charge in [-0.25, -0.2) is 0 Å². The van der Waals surface area contributed by atoms with Gasteiger partial charge < -0.3 is 10.4 Å². The Morgan fingerprint density at radius 3 is 2.50 bits per heavy atom. The average Bonchev–Trinajstić information content (AvgIpc) is 2.13. The lowest BCUT2D eigenvalue weighted by Gasteiger charge is -2.14. The molecule has 0 radical (unpaired) electrons. The summed E-state index contributed by atoms with van der Waals surface area (Å²) in [6, 6.07) is 1.12. The van der Waals surface area contributed by atoms with E-state index in [4.69, 9.17) is 0 Å². The molecule has 2 nitrogen and oxygen atoms in total. The Bertz CT molecular complexity index is 103. The van der Waals surface area contributed by atoms with Crippen molar-refractivity contribution in [3.8, 4) is 0 Å². The number of aliphatic hydroxyl groups excluding tert-OH is 1. The van der Waals surface area contributed by atoms with Gasteiger partial charge in [0.2, 0.25) is 0 Å². The van der Waals surface area contributed by atoms with Crippen molar-refractivity contribution in [1.82, 2.24) is 5.32 Å². The minimum Gasteiger partial charge on any atom is -0.393 e. The smallest absolute Gasteiger partial charge is 0.0555 e. The molecule has 0 spiro atoms. The minimum atomic E-state index is -0.0451. The lowest BCUT2D eigenvalue weighted by atomic mass is 10.2. The molecule has 0 heterocycles. The van der Waals surface area contributed by atoms with Crippen molar-refractivity contribution in [3.63, 3.8) is 0 Å². The first-order valence-corrected chi connectivity index (χ1v) is 4.12. The third kappa shape index (κ3) is 2.27. The van der Waals surface area contributed by atoms with E-state index in [9.17, 15) is 5.11 Å². The summed E-state index contributed by atoms with van der Waals surface area (Å²) < 4.78 is 0. The van der Waals surface area contributed by atoms with Crippen LogP contribution in [-0.2, 0) is 0 Å². The largest absolute Gasteiger partial charge is 0.393 e. The molecular formula is C8H17NO. The molecule has 0 aliphatic heterocycles. The number of nitrogens with one attached hydrogen (secondary N) is 1. The maximum absolute atomic E-state index is 9.17. The first-order chi connectivity index (χ1) is 4.68. The zero-order valence-corrected chi connectivity index (χ0v) is 6.80. The van der Waals surface area contributed by atoms with E-state index >= 15 is 0 Å². The second kappa shape index (κ2) is 3.35. The Morgan fingerprint density at radius 1 is 1.40 bits per heavy atom. The highest BCUT2D eigenvalue weighted by atomic mass is 16.3. The van der Waals surface area contributed by atoms with Crippen LogP contribution in [0.1, 0.15) is 33.1 Å². The normalized spacial score (nSPS) is 33.6. The van der Waals surface area contributed by atoms with Crippen LogP contribution in [0.3, 0.4) is 0 Å². The van der Waals surface area contributed by atoms with Gasteiger partial charge in [-0.05, 0) is 19.3 Å². The van der Waals surface area contributed by atoms with Crippen molar-refractivity contribution in [3.05, 3.63) is 0 Å². The number of hydrogen-bond donors (Lipinski definition) is 2. The first-order valence-electron chi connectivity index (χ1n) is 4.12. The Morgan fingerprint density at radius 2 is 2.10 bits per heavy atom. The second-order valence-electron chi connectivity index (χ2n) is 3.49. The number of aliphatic hydroxyl groups is 1. The molecule has 0 aromatic rings. The van der Waals surface area contributed by atoms with E-state index in [0.29, 0.717) is 12.1 Å². The lowest BCUT2D eigenvalue weighted by molar-refractivity contribution is 0.179. The fraction of sp³-hybridized carbons (Fsp3) is 1.00. The molecule has 0 aromatic heterocycles. The first kappa shape index (κ1) is 8.02. The molecule has 2 heteroatoms. The van der Waals surface area contributed by atoms with Crippen molar-refractivity contribution < 1.29 is 5.11 Å². The molecule has 1 saturated carbocycles. The molecule has 2 atom stereocenters. The molecule has 1 rings (SSSR count). The monoisotopic (exact) mass is 143 g/mol. The molecule has 0 aromatic carbocycles. The zero-order valence-electron chi connectivity index (χ0n) is 6.80. The van der Waals surface area contributed by atoms with E-state index in [2.05, 4.69) is 19.2 Å². The van der Waals surface area contributed by atoms with Gasteiger partial charge in [-0.3, -0.25) is 0 Å². The molecule has 10 heavy (non-hydrogen) atoms. The summed E-state index contributed by atoms with van der Waals surface area (Å²) in [5.74, 6) is 0. The predicted molar refractivity (Wildman–Crippen MR) is 41.9 cm³/mol. The molecule has 60 valence electrons. The standard InChI is InChI=1S/C8H17NO/c1-6(2)9-7-3-4-8(10)5-7/h6-10H,3-5H2,1-2H3. The predicted octanol–water partition coefficient (Wildman–Crippen LogP) is 0.898. The molecule has 2 N–H and O–H groups in total. The summed E-state index contributed by atoms with van der Waals surface area (Å²) in [5, 5.41) is 12.6. The van der Waals surface area contributed by atoms with Crippen LogP contribution in [0.4, 0.5) is 0 Å². The van der Waals surface area contributed by atoms with Crippen LogP contribution in [0.25, 0.3) is 0 Å². The van der Waals surface area contributed by atoms with Crippen LogP contribution < -0.4 is 5.32 Å². The van der Waals surface area contributed by atoms with Gasteiger partial charge in [0.1, 0.15) is 0 Å². The molecule has 2 unspecified atom stereocenters. The molecule has 1 aliphatic carbocycles. The number of rotatable bonds is 2. The Labute approximate surface area is 62.6 Å². The van der Waals surface area contributed by atoms with E-state index < -0.39 is 0 Å². The summed E-state index contributed by atoms with van der Waals surface area (Å²) in [6.45, 7) is 4.29. The maximum Gasteiger partial charge on any atom is 0.0555 e. The van der Waals surface area contributed by atoms with E-state index in [-0.39, 0.29) is 6.10 Å². The van der Waals surface area contributed by atoms with Gasteiger partial charge in [-0.15, -0.1) is 0 Å². The van der Waals surface area contributed by atoms with Crippen molar-refractivity contribution in [1.29, 1.82) is 0 Å². The van der Waals surface area contributed by atoms with Crippen molar-refractivity contribution in [2.45, 2.75) is 51.3 Å². The zero-order chi connectivity index (χ0) is 7.56. The van der Waals surface area contributed by atoms with E-state index in [0.717, 1.165) is 19.3 Å². The van der Waals surface area contributed by atoms with Gasteiger partial charge in [0.05, 0.1) is 6.10 Å². The molecule has 0 amide bonds. The van der Waals surface area contributed by atoms with Crippen molar-refractivity contribution in [2.24, 2.45) is 0 Å². The topological polar surface area (TPSA) is 32.3 Å². The quantitative estimate of drug-likeness (QED) is 0.602. The van der Waals surface area contributed by atoms with E-state index in [1.54, 1.807) is 0 Å².